The van der Waals surface area contributed by atoms with Crippen LogP contribution in [0.2, 0.25) is 0 Å². The number of alkyl halides is 2. The third kappa shape index (κ3) is 13.8. The summed E-state index contributed by atoms with van der Waals surface area (Å²) in [5.74, 6) is -8.33. The van der Waals surface area contributed by atoms with Gasteiger partial charge in [0.25, 0.3) is 23.6 Å². The lowest BCUT2D eigenvalue weighted by atomic mass is 9.81. The molecule has 28 heteroatoms. The van der Waals surface area contributed by atoms with E-state index in [9.17, 15) is 63.1 Å². The first kappa shape index (κ1) is 71.7. The van der Waals surface area contributed by atoms with Crippen molar-refractivity contribution in [3.8, 4) is 11.5 Å². The molecule has 0 aromatic heterocycles. The second-order valence-electron chi connectivity index (χ2n) is 23.4. The van der Waals surface area contributed by atoms with E-state index in [1.54, 1.807) is 55.5 Å². The van der Waals surface area contributed by atoms with Crippen molar-refractivity contribution in [2.75, 3.05) is 28.2 Å². The summed E-state index contributed by atoms with van der Waals surface area (Å²) in [6.45, 7) is 7.87. The Morgan fingerprint density at radius 2 is 0.636 bits per heavy atom. The molecule has 0 bridgehead atoms. The van der Waals surface area contributed by atoms with Gasteiger partial charge in [0.1, 0.15) is 58.0 Å². The Balaban J connectivity index is 0.000000155. The topological polar surface area (TPSA) is 253 Å². The number of aliphatic imine (C=N–C) groups is 4. The van der Waals surface area contributed by atoms with Crippen LogP contribution in [0.15, 0.2) is 184 Å². The predicted octanol–water partition coefficient (Wildman–Crippen LogP) is 10.3. The monoisotopic (exact) mass is 1370 g/mol. The SMILES string of the molecule is CC(F)Oc1cccc(C2(c3cc(F)cc(F)c3)N=C(N)N(C)C2=O)c1.CN1C(=O)C(c2ccccc2)(c2cc(F)cc(F)c2)N=C1N.Cc1cc(C)cc(C2(c3cc(F)cc(F)c3)N=C(N)N(C)C2=O)c1.Cc1cc(C2(c3cc(F)cc(F)c3)N=C(N)N(C)C2=O)ccc1OC(C)F. The number of amides is 4. The van der Waals surface area contributed by atoms with Crippen LogP contribution in [0, 0.1) is 67.3 Å². The molecule has 4 aliphatic heterocycles. The van der Waals surface area contributed by atoms with Gasteiger partial charge in [-0.3, -0.25) is 38.8 Å². The number of ether oxygens (including phenoxy) is 2. The lowest BCUT2D eigenvalue weighted by molar-refractivity contribution is -0.130. The van der Waals surface area contributed by atoms with Crippen LogP contribution in [0.25, 0.3) is 0 Å². The Kier molecular flexibility index (Phi) is 20.2. The molecule has 8 aromatic rings. The number of likely N-dealkylation sites (N-methyl/N-ethyl adjacent to an activating group) is 4. The molecular formula is C71H64F10N12O6. The second-order valence-corrected chi connectivity index (χ2v) is 23.4. The number of aryl methyl sites for hydroxylation is 3. The van der Waals surface area contributed by atoms with E-state index in [1.807, 2.05) is 19.9 Å². The maximum atomic E-state index is 13.9. The number of hydrogen-bond acceptors (Lipinski definition) is 14. The summed E-state index contributed by atoms with van der Waals surface area (Å²) in [7, 11) is 5.79. The normalized spacial score (nSPS) is 20.8. The van der Waals surface area contributed by atoms with Crippen LogP contribution in [0.1, 0.15) is 75.0 Å². The molecule has 0 fully saturated rings. The molecule has 18 nitrogen and oxygen atoms in total. The third-order valence-electron chi connectivity index (χ3n) is 16.3. The van der Waals surface area contributed by atoms with Gasteiger partial charge in [0.05, 0.1) is 0 Å². The highest BCUT2D eigenvalue weighted by molar-refractivity contribution is 6.11. The molecule has 12 rings (SSSR count). The second kappa shape index (κ2) is 27.9. The number of guanidine groups is 4. The van der Waals surface area contributed by atoms with Gasteiger partial charge in [-0.2, -0.15) is 0 Å². The lowest BCUT2D eigenvalue weighted by Crippen LogP contribution is -2.41. The van der Waals surface area contributed by atoms with Gasteiger partial charge < -0.3 is 32.4 Å². The lowest BCUT2D eigenvalue weighted by Gasteiger charge is -2.27. The van der Waals surface area contributed by atoms with Gasteiger partial charge >= 0.3 is 0 Å². The fraction of sp³-hybridized carbons (Fsp3) is 0.211. The molecule has 6 unspecified atom stereocenters. The summed E-state index contributed by atoms with van der Waals surface area (Å²) < 4.78 is 147. The smallest absolute Gasteiger partial charge is 0.266 e. The van der Waals surface area contributed by atoms with E-state index in [4.69, 9.17) is 32.4 Å². The van der Waals surface area contributed by atoms with Crippen LogP contribution in [0.3, 0.4) is 0 Å². The van der Waals surface area contributed by atoms with Crippen molar-refractivity contribution in [2.45, 2.75) is 69.5 Å². The van der Waals surface area contributed by atoms with E-state index >= 15 is 0 Å². The average molecular weight is 1370 g/mol. The molecule has 0 radical (unpaired) electrons. The van der Waals surface area contributed by atoms with Gasteiger partial charge in [-0.15, -0.1) is 0 Å². The fourth-order valence-corrected chi connectivity index (χ4v) is 11.8. The van der Waals surface area contributed by atoms with Gasteiger partial charge in [-0.1, -0.05) is 77.9 Å². The first-order valence-corrected chi connectivity index (χ1v) is 30.0. The highest BCUT2D eigenvalue weighted by atomic mass is 19.2. The summed E-state index contributed by atoms with van der Waals surface area (Å²) in [6, 6.07) is 36.1. The Bertz CT molecular complexity index is 4500. The Hall–Kier alpha value is -11.6. The molecule has 99 heavy (non-hydrogen) atoms. The fourth-order valence-electron chi connectivity index (χ4n) is 11.8. The number of benzene rings is 8. The largest absolute Gasteiger partial charge is 0.461 e. The number of hydrogen-bond donors (Lipinski definition) is 4. The molecule has 0 spiro atoms. The van der Waals surface area contributed by atoms with E-state index in [0.717, 1.165) is 81.6 Å². The number of halogens is 10. The van der Waals surface area contributed by atoms with E-state index in [-0.39, 0.29) is 63.2 Å². The zero-order valence-electron chi connectivity index (χ0n) is 54.4. The summed E-state index contributed by atoms with van der Waals surface area (Å²) in [4.78, 5) is 73.3. The highest BCUT2D eigenvalue weighted by Gasteiger charge is 2.54. The molecule has 0 aliphatic carbocycles. The van der Waals surface area contributed by atoms with Gasteiger partial charge in [0.15, 0.2) is 46.0 Å². The van der Waals surface area contributed by atoms with E-state index in [0.29, 0.717) is 34.4 Å². The number of rotatable bonds is 12. The van der Waals surface area contributed by atoms with Crippen LogP contribution in [0.5, 0.6) is 11.5 Å². The third-order valence-corrected chi connectivity index (χ3v) is 16.3. The van der Waals surface area contributed by atoms with Crippen molar-refractivity contribution in [1.82, 2.24) is 19.6 Å². The first-order valence-electron chi connectivity index (χ1n) is 30.0. The summed E-state index contributed by atoms with van der Waals surface area (Å²) >= 11 is 0. The minimum atomic E-state index is -1.79. The molecule has 514 valence electrons. The van der Waals surface area contributed by atoms with Crippen molar-refractivity contribution >= 4 is 47.5 Å². The molecule has 0 saturated heterocycles. The van der Waals surface area contributed by atoms with Gasteiger partial charge in [-0.25, -0.2) is 63.9 Å². The molecule has 4 aliphatic rings. The molecule has 6 atom stereocenters. The number of nitrogens with zero attached hydrogens (tertiary/aromatic N) is 8. The first-order chi connectivity index (χ1) is 46.6. The highest BCUT2D eigenvalue weighted by Crippen LogP contribution is 2.45. The maximum Gasteiger partial charge on any atom is 0.266 e. The predicted molar refractivity (Wildman–Crippen MR) is 348 cm³/mol. The minimum absolute atomic E-state index is 0.00137. The van der Waals surface area contributed by atoms with Crippen molar-refractivity contribution in [2.24, 2.45) is 42.9 Å². The van der Waals surface area contributed by atoms with Gasteiger partial charge in [0.2, 0.25) is 12.7 Å². The Labute approximate surface area is 561 Å². The summed E-state index contributed by atoms with van der Waals surface area (Å²) in [6.07, 6.45) is -3.10. The van der Waals surface area contributed by atoms with Crippen molar-refractivity contribution in [3.05, 3.63) is 272 Å². The summed E-state index contributed by atoms with van der Waals surface area (Å²) in [5, 5.41) is 0. The number of nitrogens with two attached hydrogens (primary N) is 4. The standard InChI is InChI=1S/C19H18F3N3O2.C18H16F3N3O2.C18H17F2N3O.C16H13F2N3O/c1-10-6-12(4-5-16(10)27-11(2)20)19(17(26)25(3)18(23)24-19)13-7-14(21)9-15(22)8-13;1-10(19)26-15-5-3-4-11(8-15)18(16(25)24(2)17(22)23-18)12-6-13(20)9-14(21)7-12;1-10-4-11(2)6-12(5-10)18(16(24)23(3)17(21)22-18)13-7-14(19)9-15(20)8-13;1-21-14(22)16(20-15(21)19,10-5-3-2-4-6-10)11-7-12(17)9-13(18)8-11/h4-9,11H,1-3H3,(H2,23,24);3-10H,1-2H3,(H2,22,23);4-9H,1-3H3,(H2,21,22);2-9H,1H3,(H2,19,20). The van der Waals surface area contributed by atoms with Gasteiger partial charge in [-0.05, 0) is 144 Å². The molecule has 0 saturated carbocycles. The van der Waals surface area contributed by atoms with Crippen LogP contribution in [-0.4, -0.2) is 108 Å². The van der Waals surface area contributed by atoms with E-state index < -0.39 is 105 Å². The van der Waals surface area contributed by atoms with Crippen LogP contribution in [-0.2, 0) is 41.3 Å². The summed E-state index contributed by atoms with van der Waals surface area (Å²) in [5.41, 5.74) is 20.7. The molecular weight excluding hydrogens is 1310 g/mol. The van der Waals surface area contributed by atoms with Crippen LogP contribution in [0.4, 0.5) is 43.9 Å². The van der Waals surface area contributed by atoms with Crippen LogP contribution >= 0.6 is 0 Å². The molecule has 8 N–H and O–H groups in total. The Morgan fingerprint density at radius 1 is 0.343 bits per heavy atom. The zero-order valence-corrected chi connectivity index (χ0v) is 54.4. The molecule has 4 heterocycles. The molecule has 8 aromatic carbocycles. The minimum Gasteiger partial charge on any atom is -0.461 e. The van der Waals surface area contributed by atoms with Crippen LogP contribution < -0.4 is 32.4 Å². The van der Waals surface area contributed by atoms with Crippen molar-refractivity contribution < 1.29 is 72.6 Å². The maximum absolute atomic E-state index is 13.9. The van der Waals surface area contributed by atoms with Crippen molar-refractivity contribution in [3.63, 3.8) is 0 Å². The Morgan fingerprint density at radius 3 is 0.939 bits per heavy atom. The van der Waals surface area contributed by atoms with Crippen molar-refractivity contribution in [1.29, 1.82) is 0 Å². The number of carbonyl (C=O) groups is 4. The number of carbonyl (C=O) groups excluding carboxylic acids is 4. The quantitative estimate of drug-likeness (QED) is 0.0842. The average Bonchev–Trinajstić information content (AvgIpc) is 1.65. The van der Waals surface area contributed by atoms with Gasteiger partial charge in [0, 0.05) is 66.3 Å². The van der Waals surface area contributed by atoms with E-state index in [2.05, 4.69) is 20.0 Å². The zero-order chi connectivity index (χ0) is 72.5. The molecule has 4 amide bonds. The van der Waals surface area contributed by atoms with E-state index in [1.165, 1.54) is 88.2 Å².